The van der Waals surface area contributed by atoms with Crippen LogP contribution in [0, 0.1) is 11.7 Å². The standard InChI is InChI=1S/C21H24FN3O2/c1-4-14(11-26)9-18(23-2)20-21(25(3)13-24-20)17-8-7-16(22)10-19(17)27-12-15-5-6-15/h4,7-10,13,15,26H,2,5-6,11-12H2,1,3H3/b14-4+,18-9-. The minimum absolute atomic E-state index is 0.107. The minimum Gasteiger partial charge on any atom is -0.492 e. The van der Waals surface area contributed by atoms with E-state index in [4.69, 9.17) is 4.74 Å². The number of ether oxygens (including phenoxy) is 1. The monoisotopic (exact) mass is 369 g/mol. The topological polar surface area (TPSA) is 59.6 Å². The number of aliphatic hydroxyl groups is 1. The van der Waals surface area contributed by atoms with Gasteiger partial charge in [-0.3, -0.25) is 4.99 Å². The first-order valence-corrected chi connectivity index (χ1v) is 8.96. The summed E-state index contributed by atoms with van der Waals surface area (Å²) < 4.78 is 21.6. The second kappa shape index (κ2) is 8.31. The third-order valence-corrected chi connectivity index (χ3v) is 4.60. The molecular weight excluding hydrogens is 345 g/mol. The maximum absolute atomic E-state index is 13.8. The van der Waals surface area contributed by atoms with Crippen LogP contribution in [0.15, 0.2) is 47.2 Å². The molecule has 1 aliphatic rings. The van der Waals surface area contributed by atoms with Crippen molar-refractivity contribution < 1.29 is 14.2 Å². The Labute approximate surface area is 158 Å². The Hall–Kier alpha value is -2.73. The molecule has 1 fully saturated rings. The van der Waals surface area contributed by atoms with E-state index >= 15 is 0 Å². The molecule has 0 spiro atoms. The summed E-state index contributed by atoms with van der Waals surface area (Å²) in [7, 11) is 1.86. The van der Waals surface area contributed by atoms with Crippen LogP contribution in [0.5, 0.6) is 5.75 Å². The van der Waals surface area contributed by atoms with Crippen LogP contribution in [-0.2, 0) is 7.05 Å². The Kier molecular flexibility index (Phi) is 5.86. The van der Waals surface area contributed by atoms with Crippen LogP contribution in [0.3, 0.4) is 0 Å². The molecule has 1 aromatic carbocycles. The molecule has 142 valence electrons. The molecule has 2 aromatic rings. The third kappa shape index (κ3) is 4.34. The number of allylic oxidation sites excluding steroid dienone is 1. The van der Waals surface area contributed by atoms with Gasteiger partial charge < -0.3 is 14.4 Å². The number of hydrogen-bond acceptors (Lipinski definition) is 4. The zero-order chi connectivity index (χ0) is 19.4. The summed E-state index contributed by atoms with van der Waals surface area (Å²) in [5.74, 6) is 0.699. The van der Waals surface area contributed by atoms with Crippen molar-refractivity contribution in [3.8, 4) is 17.0 Å². The van der Waals surface area contributed by atoms with E-state index < -0.39 is 0 Å². The third-order valence-electron chi connectivity index (χ3n) is 4.60. The summed E-state index contributed by atoms with van der Waals surface area (Å²) >= 11 is 0. The van der Waals surface area contributed by atoms with E-state index in [9.17, 15) is 9.50 Å². The quantitative estimate of drug-likeness (QED) is 0.565. The first-order valence-electron chi connectivity index (χ1n) is 8.96. The van der Waals surface area contributed by atoms with Gasteiger partial charge in [0.05, 0.1) is 30.9 Å². The molecule has 0 aliphatic heterocycles. The van der Waals surface area contributed by atoms with Crippen molar-refractivity contribution in [2.24, 2.45) is 18.0 Å². The van der Waals surface area contributed by atoms with Crippen LogP contribution in [-0.4, -0.2) is 34.6 Å². The number of aromatic nitrogens is 2. The van der Waals surface area contributed by atoms with Crippen molar-refractivity contribution >= 4 is 12.4 Å². The molecule has 1 saturated carbocycles. The average molecular weight is 369 g/mol. The van der Waals surface area contributed by atoms with Gasteiger partial charge in [-0.15, -0.1) is 0 Å². The molecule has 3 rings (SSSR count). The Morgan fingerprint density at radius 2 is 2.26 bits per heavy atom. The van der Waals surface area contributed by atoms with Crippen molar-refractivity contribution in [2.75, 3.05) is 13.2 Å². The Morgan fingerprint density at radius 3 is 2.89 bits per heavy atom. The lowest BCUT2D eigenvalue weighted by molar-refractivity contribution is 0.299. The summed E-state index contributed by atoms with van der Waals surface area (Å²) in [6.07, 6.45) is 7.53. The van der Waals surface area contributed by atoms with Gasteiger partial charge in [0.15, 0.2) is 0 Å². The van der Waals surface area contributed by atoms with Crippen molar-refractivity contribution in [1.82, 2.24) is 9.55 Å². The summed E-state index contributed by atoms with van der Waals surface area (Å²) in [6.45, 7) is 5.95. The lowest BCUT2D eigenvalue weighted by Gasteiger charge is -2.14. The highest BCUT2D eigenvalue weighted by Crippen LogP contribution is 2.37. The molecule has 1 heterocycles. The van der Waals surface area contributed by atoms with E-state index in [2.05, 4.69) is 16.7 Å². The number of imidazole rings is 1. The number of aliphatic imine (C=N–C) groups is 1. The lowest BCUT2D eigenvalue weighted by Crippen LogP contribution is -2.03. The predicted octanol–water partition coefficient (Wildman–Crippen LogP) is 4.00. The second-order valence-electron chi connectivity index (χ2n) is 6.66. The molecule has 5 nitrogen and oxygen atoms in total. The molecule has 0 bridgehead atoms. The number of aryl methyl sites for hydroxylation is 1. The second-order valence-corrected chi connectivity index (χ2v) is 6.66. The van der Waals surface area contributed by atoms with Crippen LogP contribution >= 0.6 is 0 Å². The number of benzene rings is 1. The van der Waals surface area contributed by atoms with E-state index in [0.29, 0.717) is 35.2 Å². The van der Waals surface area contributed by atoms with Crippen LogP contribution in [0.25, 0.3) is 17.0 Å². The Morgan fingerprint density at radius 1 is 1.48 bits per heavy atom. The predicted molar refractivity (Wildman–Crippen MR) is 105 cm³/mol. The smallest absolute Gasteiger partial charge is 0.131 e. The summed E-state index contributed by atoms with van der Waals surface area (Å²) in [6, 6.07) is 4.51. The Bertz CT molecular complexity index is 895. The molecule has 0 radical (unpaired) electrons. The molecule has 27 heavy (non-hydrogen) atoms. The van der Waals surface area contributed by atoms with Crippen molar-refractivity contribution in [1.29, 1.82) is 0 Å². The van der Waals surface area contributed by atoms with Crippen LogP contribution in [0.2, 0.25) is 0 Å². The molecule has 6 heteroatoms. The minimum atomic E-state index is -0.345. The number of aliphatic hydroxyl groups excluding tert-OH is 1. The SMILES string of the molecule is C=N/C(=C\C(=C/C)CO)c1ncn(C)c1-c1ccc(F)cc1OCC1CC1. The molecule has 1 aromatic heterocycles. The molecule has 0 saturated heterocycles. The fraction of sp³-hybridized carbons (Fsp3) is 0.333. The van der Waals surface area contributed by atoms with Gasteiger partial charge in [-0.2, -0.15) is 0 Å². The molecule has 0 unspecified atom stereocenters. The van der Waals surface area contributed by atoms with Gasteiger partial charge in [-0.05, 0) is 56.2 Å². The fourth-order valence-corrected chi connectivity index (χ4v) is 2.82. The van der Waals surface area contributed by atoms with Crippen molar-refractivity contribution in [3.05, 3.63) is 53.8 Å². The van der Waals surface area contributed by atoms with E-state index in [-0.39, 0.29) is 12.4 Å². The van der Waals surface area contributed by atoms with Crippen molar-refractivity contribution in [3.63, 3.8) is 0 Å². The number of nitrogens with zero attached hydrogens (tertiary/aromatic N) is 3. The van der Waals surface area contributed by atoms with Gasteiger partial charge in [-0.1, -0.05) is 6.08 Å². The molecule has 0 amide bonds. The number of halogens is 1. The van der Waals surface area contributed by atoms with E-state index in [1.165, 1.54) is 12.1 Å². The highest BCUT2D eigenvalue weighted by molar-refractivity contribution is 5.81. The fourth-order valence-electron chi connectivity index (χ4n) is 2.82. The van der Waals surface area contributed by atoms with Crippen LogP contribution < -0.4 is 4.74 Å². The van der Waals surface area contributed by atoms with Crippen LogP contribution in [0.1, 0.15) is 25.5 Å². The van der Waals surface area contributed by atoms with Crippen molar-refractivity contribution in [2.45, 2.75) is 19.8 Å². The lowest BCUT2D eigenvalue weighted by atomic mass is 10.1. The zero-order valence-electron chi connectivity index (χ0n) is 15.7. The normalized spacial score (nSPS) is 15.1. The first kappa shape index (κ1) is 19.0. The van der Waals surface area contributed by atoms with E-state index in [0.717, 1.165) is 24.1 Å². The number of hydrogen-bond donors (Lipinski definition) is 1. The van der Waals surface area contributed by atoms with Gasteiger partial charge in [0.2, 0.25) is 0 Å². The van der Waals surface area contributed by atoms with Gasteiger partial charge in [0, 0.05) is 18.7 Å². The van der Waals surface area contributed by atoms with Gasteiger partial charge >= 0.3 is 0 Å². The van der Waals surface area contributed by atoms with Crippen LogP contribution in [0.4, 0.5) is 4.39 Å². The average Bonchev–Trinajstić information content (AvgIpc) is 3.43. The number of rotatable bonds is 8. The first-order chi connectivity index (χ1) is 13.1. The molecule has 0 atom stereocenters. The summed E-state index contributed by atoms with van der Waals surface area (Å²) in [5, 5.41) is 9.45. The molecule has 1 N–H and O–H groups in total. The highest BCUT2D eigenvalue weighted by atomic mass is 19.1. The van der Waals surface area contributed by atoms with E-state index in [1.807, 2.05) is 18.5 Å². The molecule has 1 aliphatic carbocycles. The van der Waals surface area contributed by atoms with Gasteiger partial charge in [0.1, 0.15) is 17.3 Å². The summed E-state index contributed by atoms with van der Waals surface area (Å²) in [5.41, 5.74) is 3.34. The van der Waals surface area contributed by atoms with Gasteiger partial charge in [0.25, 0.3) is 0 Å². The summed E-state index contributed by atoms with van der Waals surface area (Å²) in [4.78, 5) is 8.55. The highest BCUT2D eigenvalue weighted by Gasteiger charge is 2.24. The molecular formula is C21H24FN3O2. The maximum atomic E-state index is 13.8. The van der Waals surface area contributed by atoms with E-state index in [1.54, 1.807) is 24.5 Å². The maximum Gasteiger partial charge on any atom is 0.131 e. The van der Waals surface area contributed by atoms with Gasteiger partial charge in [-0.25, -0.2) is 9.37 Å². The zero-order valence-corrected chi connectivity index (χ0v) is 15.7. The Balaban J connectivity index is 2.07. The largest absolute Gasteiger partial charge is 0.492 e.